The SMILES string of the molecule is CCNC(=O)NC(=C/N)/C=C(\C)C(=O)NC(C)C. The summed E-state index contributed by atoms with van der Waals surface area (Å²) < 4.78 is 0. The van der Waals surface area contributed by atoms with Crippen molar-refractivity contribution in [1.29, 1.82) is 0 Å². The standard InChI is InChI=1S/C12H22N4O2/c1-5-14-12(18)16-10(7-13)6-9(4)11(17)15-8(2)3/h6-8H,5,13H2,1-4H3,(H,15,17)(H2,14,16,18)/b9-6+,10-7+. The summed E-state index contributed by atoms with van der Waals surface area (Å²) in [5.74, 6) is -0.193. The van der Waals surface area contributed by atoms with E-state index in [1.807, 2.05) is 20.8 Å². The van der Waals surface area contributed by atoms with E-state index in [9.17, 15) is 9.59 Å². The number of nitrogens with two attached hydrogens (primary N) is 1. The Balaban J connectivity index is 4.60. The molecule has 0 unspecified atom stereocenters. The first-order valence-corrected chi connectivity index (χ1v) is 5.86. The Morgan fingerprint density at radius 2 is 1.94 bits per heavy atom. The lowest BCUT2D eigenvalue weighted by molar-refractivity contribution is -0.117. The zero-order chi connectivity index (χ0) is 14.1. The number of hydrogen-bond donors (Lipinski definition) is 4. The highest BCUT2D eigenvalue weighted by molar-refractivity contribution is 5.93. The normalized spacial score (nSPS) is 12.3. The zero-order valence-corrected chi connectivity index (χ0v) is 11.3. The van der Waals surface area contributed by atoms with Gasteiger partial charge >= 0.3 is 6.03 Å². The Bertz CT molecular complexity index is 359. The van der Waals surface area contributed by atoms with Crippen LogP contribution in [0.15, 0.2) is 23.5 Å². The van der Waals surface area contributed by atoms with Crippen molar-refractivity contribution in [3.05, 3.63) is 23.5 Å². The number of nitrogens with one attached hydrogen (secondary N) is 3. The molecule has 3 amide bonds. The van der Waals surface area contributed by atoms with Crippen LogP contribution in [0.4, 0.5) is 4.79 Å². The van der Waals surface area contributed by atoms with Crippen molar-refractivity contribution in [3.63, 3.8) is 0 Å². The highest BCUT2D eigenvalue weighted by Gasteiger charge is 2.07. The molecule has 0 bridgehead atoms. The summed E-state index contributed by atoms with van der Waals surface area (Å²) >= 11 is 0. The van der Waals surface area contributed by atoms with Crippen molar-refractivity contribution < 1.29 is 9.59 Å². The van der Waals surface area contributed by atoms with Crippen molar-refractivity contribution in [2.45, 2.75) is 33.7 Å². The van der Waals surface area contributed by atoms with Crippen molar-refractivity contribution in [1.82, 2.24) is 16.0 Å². The fourth-order valence-electron chi connectivity index (χ4n) is 1.14. The van der Waals surface area contributed by atoms with Gasteiger partial charge in [0.15, 0.2) is 0 Å². The number of hydrogen-bond acceptors (Lipinski definition) is 3. The average molecular weight is 254 g/mol. The number of carbonyl (C=O) groups excluding carboxylic acids is 2. The maximum absolute atomic E-state index is 11.6. The molecule has 0 atom stereocenters. The van der Waals surface area contributed by atoms with Gasteiger partial charge in [-0.25, -0.2) is 4.79 Å². The molecule has 0 radical (unpaired) electrons. The summed E-state index contributed by atoms with van der Waals surface area (Å²) in [5.41, 5.74) is 6.23. The molecule has 0 rings (SSSR count). The third-order valence-electron chi connectivity index (χ3n) is 1.92. The summed E-state index contributed by atoms with van der Waals surface area (Å²) in [4.78, 5) is 22.9. The van der Waals surface area contributed by atoms with Gasteiger partial charge < -0.3 is 21.7 Å². The Morgan fingerprint density at radius 3 is 2.39 bits per heavy atom. The molecule has 0 heterocycles. The second-order valence-electron chi connectivity index (χ2n) is 4.06. The highest BCUT2D eigenvalue weighted by Crippen LogP contribution is 1.99. The topological polar surface area (TPSA) is 96.2 Å². The van der Waals surface area contributed by atoms with Crippen LogP contribution < -0.4 is 21.7 Å². The van der Waals surface area contributed by atoms with Crippen LogP contribution in [-0.2, 0) is 4.79 Å². The molecule has 0 saturated carbocycles. The monoisotopic (exact) mass is 254 g/mol. The molecule has 6 nitrogen and oxygen atoms in total. The lowest BCUT2D eigenvalue weighted by Gasteiger charge is -2.10. The van der Waals surface area contributed by atoms with Gasteiger partial charge in [0.05, 0.1) is 5.70 Å². The fourth-order valence-corrected chi connectivity index (χ4v) is 1.14. The summed E-state index contributed by atoms with van der Waals surface area (Å²) in [7, 11) is 0. The fraction of sp³-hybridized carbons (Fsp3) is 0.500. The van der Waals surface area contributed by atoms with Crippen LogP contribution in [0.3, 0.4) is 0 Å². The van der Waals surface area contributed by atoms with Crippen LogP contribution in [0.5, 0.6) is 0 Å². The Morgan fingerprint density at radius 1 is 1.33 bits per heavy atom. The summed E-state index contributed by atoms with van der Waals surface area (Å²) in [6.07, 6.45) is 2.76. The Kier molecular flexibility index (Phi) is 7.26. The first kappa shape index (κ1) is 16.0. The minimum absolute atomic E-state index is 0.0579. The molecule has 18 heavy (non-hydrogen) atoms. The first-order chi connectivity index (χ1) is 8.40. The molecule has 0 fully saturated rings. The van der Waals surface area contributed by atoms with E-state index in [4.69, 9.17) is 5.73 Å². The van der Waals surface area contributed by atoms with Crippen LogP contribution in [0, 0.1) is 0 Å². The second kappa shape index (κ2) is 8.16. The summed E-state index contributed by atoms with van der Waals surface area (Å²) in [6.45, 7) is 7.72. The van der Waals surface area contributed by atoms with E-state index in [-0.39, 0.29) is 18.0 Å². The van der Waals surface area contributed by atoms with Crippen molar-refractivity contribution in [2.24, 2.45) is 5.73 Å². The molecule has 0 aliphatic rings. The molecule has 0 saturated heterocycles. The van der Waals surface area contributed by atoms with Gasteiger partial charge in [0, 0.05) is 24.4 Å². The van der Waals surface area contributed by atoms with Gasteiger partial charge in [0.1, 0.15) is 0 Å². The quantitative estimate of drug-likeness (QED) is 0.427. The third-order valence-corrected chi connectivity index (χ3v) is 1.92. The van der Waals surface area contributed by atoms with Gasteiger partial charge in [-0.3, -0.25) is 4.79 Å². The zero-order valence-electron chi connectivity index (χ0n) is 11.3. The number of carbonyl (C=O) groups is 2. The number of rotatable bonds is 5. The minimum atomic E-state index is -0.359. The van der Waals surface area contributed by atoms with E-state index < -0.39 is 0 Å². The van der Waals surface area contributed by atoms with Gasteiger partial charge in [-0.05, 0) is 33.8 Å². The molecular formula is C12H22N4O2. The highest BCUT2D eigenvalue weighted by atomic mass is 16.2. The van der Waals surface area contributed by atoms with Crippen molar-refractivity contribution in [2.75, 3.05) is 6.54 Å². The van der Waals surface area contributed by atoms with Crippen molar-refractivity contribution >= 4 is 11.9 Å². The smallest absolute Gasteiger partial charge is 0.319 e. The molecule has 5 N–H and O–H groups in total. The molecule has 0 aromatic rings. The van der Waals surface area contributed by atoms with E-state index in [1.54, 1.807) is 6.92 Å². The van der Waals surface area contributed by atoms with Crippen molar-refractivity contribution in [3.8, 4) is 0 Å². The molecular weight excluding hydrogens is 232 g/mol. The van der Waals surface area contributed by atoms with Gasteiger partial charge in [-0.1, -0.05) is 0 Å². The summed E-state index contributed by atoms with van der Waals surface area (Å²) in [5, 5.41) is 7.85. The number of urea groups is 1. The molecule has 0 aliphatic heterocycles. The Labute approximate surface area is 108 Å². The van der Waals surface area contributed by atoms with Crippen LogP contribution in [-0.4, -0.2) is 24.5 Å². The van der Waals surface area contributed by atoms with E-state index in [2.05, 4.69) is 16.0 Å². The third kappa shape index (κ3) is 6.57. The number of amides is 3. The lowest BCUT2D eigenvalue weighted by Crippen LogP contribution is -2.35. The van der Waals surface area contributed by atoms with Gasteiger partial charge in [0.2, 0.25) is 5.91 Å². The van der Waals surface area contributed by atoms with Crippen LogP contribution in [0.1, 0.15) is 27.7 Å². The van der Waals surface area contributed by atoms with Gasteiger partial charge in [-0.2, -0.15) is 0 Å². The lowest BCUT2D eigenvalue weighted by atomic mass is 10.2. The van der Waals surface area contributed by atoms with Gasteiger partial charge in [-0.15, -0.1) is 0 Å². The number of allylic oxidation sites excluding steroid dienone is 1. The van der Waals surface area contributed by atoms with Gasteiger partial charge in [0.25, 0.3) is 0 Å². The maximum atomic E-state index is 11.6. The van der Waals surface area contributed by atoms with Crippen LogP contribution >= 0.6 is 0 Å². The predicted molar refractivity (Wildman–Crippen MR) is 71.5 cm³/mol. The van der Waals surface area contributed by atoms with Crippen LogP contribution in [0.25, 0.3) is 0 Å². The average Bonchev–Trinajstić information content (AvgIpc) is 2.27. The first-order valence-electron chi connectivity index (χ1n) is 5.86. The largest absolute Gasteiger partial charge is 0.403 e. The molecule has 102 valence electrons. The van der Waals surface area contributed by atoms with E-state index in [1.165, 1.54) is 12.3 Å². The van der Waals surface area contributed by atoms with E-state index in [0.29, 0.717) is 17.8 Å². The van der Waals surface area contributed by atoms with Crippen LogP contribution in [0.2, 0.25) is 0 Å². The second-order valence-corrected chi connectivity index (χ2v) is 4.06. The molecule has 0 aromatic heterocycles. The molecule has 0 spiro atoms. The molecule has 0 aliphatic carbocycles. The minimum Gasteiger partial charge on any atom is -0.403 e. The van der Waals surface area contributed by atoms with E-state index >= 15 is 0 Å². The Hall–Kier alpha value is -1.98. The predicted octanol–water partition coefficient (Wildman–Crippen LogP) is 0.577. The molecule has 6 heteroatoms. The maximum Gasteiger partial charge on any atom is 0.319 e. The summed E-state index contributed by atoms with van der Waals surface area (Å²) in [6, 6.07) is -0.301. The van der Waals surface area contributed by atoms with E-state index in [0.717, 1.165) is 0 Å². The molecule has 0 aromatic carbocycles.